The Kier molecular flexibility index (Phi) is 6.07. The minimum Gasteiger partial charge on any atom is -0.496 e. The largest absolute Gasteiger partial charge is 0.496 e. The number of carbonyl (C=O) groups is 1. The lowest BCUT2D eigenvalue weighted by Crippen LogP contribution is -2.35. The number of amides is 1. The summed E-state index contributed by atoms with van der Waals surface area (Å²) in [4.78, 5) is 14.5. The summed E-state index contributed by atoms with van der Waals surface area (Å²) in [6.45, 7) is 1.40. The van der Waals surface area contributed by atoms with Gasteiger partial charge in [-0.25, -0.2) is 0 Å². The lowest BCUT2D eigenvalue weighted by molar-refractivity contribution is -0.131. The molecule has 1 saturated carbocycles. The summed E-state index contributed by atoms with van der Waals surface area (Å²) in [5.74, 6) is 3.05. The van der Waals surface area contributed by atoms with Gasteiger partial charge in [-0.3, -0.25) is 4.79 Å². The molecule has 1 aromatic rings. The zero-order valence-electron chi connectivity index (χ0n) is 16.0. The van der Waals surface area contributed by atoms with Crippen LogP contribution in [0.2, 0.25) is 0 Å². The topological polar surface area (TPSA) is 48.0 Å². The van der Waals surface area contributed by atoms with Crippen molar-refractivity contribution in [1.82, 2.24) is 4.90 Å². The lowest BCUT2D eigenvalue weighted by Gasteiger charge is -2.28. The molecule has 1 aliphatic heterocycles. The average Bonchev–Trinajstić information content (AvgIpc) is 3.19. The molecule has 142 valence electrons. The molecule has 0 aromatic heterocycles. The van der Waals surface area contributed by atoms with Gasteiger partial charge in [-0.2, -0.15) is 0 Å². The van der Waals surface area contributed by atoms with Gasteiger partial charge in [-0.15, -0.1) is 0 Å². The molecule has 0 N–H and O–H groups in total. The van der Waals surface area contributed by atoms with E-state index in [2.05, 4.69) is 6.08 Å². The standard InChI is InChI=1S/C21H29NO4/c1-24-17-13-18(25-2)21(19(14-17)26-3)16-8-10-22(11-9-16)20(23)12-15-6-4-5-7-15/h8,13-15H,4-7,9-12H2,1-3H3. The Morgan fingerprint density at radius 3 is 2.23 bits per heavy atom. The predicted molar refractivity (Wildman–Crippen MR) is 102 cm³/mol. The van der Waals surface area contributed by atoms with E-state index in [9.17, 15) is 4.79 Å². The van der Waals surface area contributed by atoms with Crippen LogP contribution in [-0.2, 0) is 4.79 Å². The van der Waals surface area contributed by atoms with E-state index in [1.807, 2.05) is 17.0 Å². The fraction of sp³-hybridized carbons (Fsp3) is 0.571. The van der Waals surface area contributed by atoms with Gasteiger partial charge in [0.2, 0.25) is 5.91 Å². The maximum atomic E-state index is 12.6. The first-order chi connectivity index (χ1) is 12.7. The number of nitrogens with zero attached hydrogens (tertiary/aromatic N) is 1. The van der Waals surface area contributed by atoms with Crippen LogP contribution in [0.1, 0.15) is 44.1 Å². The first-order valence-electron chi connectivity index (χ1n) is 9.43. The molecule has 3 rings (SSSR count). The molecule has 1 aromatic carbocycles. The molecule has 0 spiro atoms. The molecule has 0 radical (unpaired) electrons. The summed E-state index contributed by atoms with van der Waals surface area (Å²) in [6, 6.07) is 3.74. The van der Waals surface area contributed by atoms with Crippen molar-refractivity contribution in [2.75, 3.05) is 34.4 Å². The predicted octanol–water partition coefficient (Wildman–Crippen LogP) is 3.91. The van der Waals surface area contributed by atoms with Crippen molar-refractivity contribution in [3.63, 3.8) is 0 Å². The smallest absolute Gasteiger partial charge is 0.223 e. The fourth-order valence-corrected chi connectivity index (χ4v) is 4.04. The molecule has 2 aliphatic rings. The summed E-state index contributed by atoms with van der Waals surface area (Å²) in [7, 11) is 4.93. The van der Waals surface area contributed by atoms with Crippen LogP contribution in [0.4, 0.5) is 0 Å². The Balaban J connectivity index is 1.75. The van der Waals surface area contributed by atoms with Crippen LogP contribution in [0.3, 0.4) is 0 Å². The number of hydrogen-bond donors (Lipinski definition) is 0. The Labute approximate surface area is 155 Å². The summed E-state index contributed by atoms with van der Waals surface area (Å²) in [5, 5.41) is 0. The molecule has 0 atom stereocenters. The van der Waals surface area contributed by atoms with Gasteiger partial charge in [0.1, 0.15) is 17.2 Å². The van der Waals surface area contributed by atoms with E-state index in [0.29, 0.717) is 30.5 Å². The lowest BCUT2D eigenvalue weighted by atomic mass is 9.96. The van der Waals surface area contributed by atoms with Crippen LogP contribution >= 0.6 is 0 Å². The molecule has 1 amide bonds. The number of carbonyl (C=O) groups excluding carboxylic acids is 1. The monoisotopic (exact) mass is 359 g/mol. The molecule has 1 aliphatic carbocycles. The van der Waals surface area contributed by atoms with Gasteiger partial charge in [0, 0.05) is 31.6 Å². The highest BCUT2D eigenvalue weighted by Gasteiger charge is 2.25. The van der Waals surface area contributed by atoms with Crippen LogP contribution < -0.4 is 14.2 Å². The summed E-state index contributed by atoms with van der Waals surface area (Å²) in [5.41, 5.74) is 2.12. The van der Waals surface area contributed by atoms with Crippen molar-refractivity contribution in [2.24, 2.45) is 5.92 Å². The van der Waals surface area contributed by atoms with Gasteiger partial charge in [-0.05, 0) is 30.8 Å². The zero-order chi connectivity index (χ0) is 18.5. The number of rotatable bonds is 6. The van der Waals surface area contributed by atoms with Crippen LogP contribution in [0.15, 0.2) is 18.2 Å². The Morgan fingerprint density at radius 1 is 1.08 bits per heavy atom. The minimum absolute atomic E-state index is 0.292. The van der Waals surface area contributed by atoms with E-state index < -0.39 is 0 Å². The third kappa shape index (κ3) is 3.97. The Morgan fingerprint density at radius 2 is 1.73 bits per heavy atom. The second kappa shape index (κ2) is 8.47. The third-order valence-corrected chi connectivity index (χ3v) is 5.54. The second-order valence-electron chi connectivity index (χ2n) is 7.08. The highest BCUT2D eigenvalue weighted by molar-refractivity contribution is 5.81. The summed E-state index contributed by atoms with van der Waals surface area (Å²) >= 11 is 0. The quantitative estimate of drug-likeness (QED) is 0.773. The van der Waals surface area contributed by atoms with E-state index in [1.54, 1.807) is 21.3 Å². The minimum atomic E-state index is 0.292. The molecule has 1 fully saturated rings. The molecular weight excluding hydrogens is 330 g/mol. The first kappa shape index (κ1) is 18.6. The number of benzene rings is 1. The second-order valence-corrected chi connectivity index (χ2v) is 7.08. The average molecular weight is 359 g/mol. The maximum Gasteiger partial charge on any atom is 0.223 e. The van der Waals surface area contributed by atoms with E-state index in [4.69, 9.17) is 14.2 Å². The number of ether oxygens (including phenoxy) is 3. The van der Waals surface area contributed by atoms with E-state index in [-0.39, 0.29) is 0 Å². The van der Waals surface area contributed by atoms with Gasteiger partial charge >= 0.3 is 0 Å². The van der Waals surface area contributed by atoms with E-state index in [0.717, 1.165) is 35.6 Å². The Bertz CT molecular complexity index is 652. The van der Waals surface area contributed by atoms with Crippen LogP contribution in [0.5, 0.6) is 17.2 Å². The Hall–Kier alpha value is -2.17. The fourth-order valence-electron chi connectivity index (χ4n) is 4.04. The van der Waals surface area contributed by atoms with E-state index in [1.165, 1.54) is 25.7 Å². The molecule has 1 heterocycles. The van der Waals surface area contributed by atoms with Crippen molar-refractivity contribution in [3.8, 4) is 17.2 Å². The van der Waals surface area contributed by atoms with E-state index >= 15 is 0 Å². The van der Waals surface area contributed by atoms with Crippen LogP contribution in [-0.4, -0.2) is 45.2 Å². The van der Waals surface area contributed by atoms with Gasteiger partial charge in [0.05, 0.1) is 26.9 Å². The molecular formula is C21H29NO4. The van der Waals surface area contributed by atoms with Crippen molar-refractivity contribution in [3.05, 3.63) is 23.8 Å². The molecule has 5 nitrogen and oxygen atoms in total. The first-order valence-corrected chi connectivity index (χ1v) is 9.43. The van der Waals surface area contributed by atoms with Crippen molar-refractivity contribution < 1.29 is 19.0 Å². The van der Waals surface area contributed by atoms with Crippen molar-refractivity contribution >= 4 is 11.5 Å². The van der Waals surface area contributed by atoms with Gasteiger partial charge in [0.25, 0.3) is 0 Å². The molecule has 26 heavy (non-hydrogen) atoms. The highest BCUT2D eigenvalue weighted by Crippen LogP contribution is 2.41. The van der Waals surface area contributed by atoms with Crippen LogP contribution in [0, 0.1) is 5.92 Å². The number of methoxy groups -OCH3 is 3. The highest BCUT2D eigenvalue weighted by atomic mass is 16.5. The van der Waals surface area contributed by atoms with Gasteiger partial charge < -0.3 is 19.1 Å². The zero-order valence-corrected chi connectivity index (χ0v) is 16.0. The third-order valence-electron chi connectivity index (χ3n) is 5.54. The molecule has 0 bridgehead atoms. The van der Waals surface area contributed by atoms with Gasteiger partial charge in [0.15, 0.2) is 0 Å². The molecule has 0 saturated heterocycles. The van der Waals surface area contributed by atoms with Crippen molar-refractivity contribution in [2.45, 2.75) is 38.5 Å². The SMILES string of the molecule is COc1cc(OC)c(C2=CCN(C(=O)CC3CCCC3)CC2)c(OC)c1. The molecule has 5 heteroatoms. The van der Waals surface area contributed by atoms with Gasteiger partial charge in [-0.1, -0.05) is 18.9 Å². The van der Waals surface area contributed by atoms with Crippen molar-refractivity contribution in [1.29, 1.82) is 0 Å². The maximum absolute atomic E-state index is 12.6. The molecule has 0 unspecified atom stereocenters. The van der Waals surface area contributed by atoms with Crippen LogP contribution in [0.25, 0.3) is 5.57 Å². The summed E-state index contributed by atoms with van der Waals surface area (Å²) in [6.07, 6.45) is 8.61. The normalized spacial score (nSPS) is 17.8. The summed E-state index contributed by atoms with van der Waals surface area (Å²) < 4.78 is 16.5. The number of hydrogen-bond acceptors (Lipinski definition) is 4.